The van der Waals surface area contributed by atoms with Crippen LogP contribution in [0.5, 0.6) is 0 Å². The summed E-state index contributed by atoms with van der Waals surface area (Å²) in [6.45, 7) is 13.4. The molecule has 0 spiro atoms. The van der Waals surface area contributed by atoms with Crippen molar-refractivity contribution in [2.24, 2.45) is 0 Å². The summed E-state index contributed by atoms with van der Waals surface area (Å²) in [6.07, 6.45) is 0. The fourth-order valence-electron chi connectivity index (χ4n) is 3.40. The van der Waals surface area contributed by atoms with Crippen molar-refractivity contribution in [2.45, 2.75) is 33.7 Å². The van der Waals surface area contributed by atoms with Crippen molar-refractivity contribution >= 4 is 33.3 Å². The molecule has 2 aromatic heterocycles. The van der Waals surface area contributed by atoms with Crippen LogP contribution in [0.1, 0.15) is 34.9 Å². The Hall–Kier alpha value is -1.77. The van der Waals surface area contributed by atoms with Gasteiger partial charge in [0, 0.05) is 38.8 Å². The maximum atomic E-state index is 12.2. The molecule has 7 nitrogen and oxygen atoms in total. The minimum Gasteiger partial charge on any atom is -0.462 e. The highest BCUT2D eigenvalue weighted by molar-refractivity contribution is 7.20. The second kappa shape index (κ2) is 8.50. The predicted octanol–water partition coefficient (Wildman–Crippen LogP) is 2.53. The Morgan fingerprint density at radius 2 is 1.96 bits per heavy atom. The van der Waals surface area contributed by atoms with E-state index in [9.17, 15) is 4.79 Å². The summed E-state index contributed by atoms with van der Waals surface area (Å²) in [4.78, 5) is 27.7. The lowest BCUT2D eigenvalue weighted by atomic mass is 10.2. The molecular weight excluding hydrogens is 362 g/mol. The highest BCUT2D eigenvalue weighted by Crippen LogP contribution is 2.34. The molecule has 148 valence electrons. The molecule has 2 aromatic rings. The van der Waals surface area contributed by atoms with E-state index in [-0.39, 0.29) is 5.97 Å². The van der Waals surface area contributed by atoms with Gasteiger partial charge in [-0.05, 0) is 40.3 Å². The van der Waals surface area contributed by atoms with Gasteiger partial charge in [0.1, 0.15) is 21.3 Å². The largest absolute Gasteiger partial charge is 0.462 e. The van der Waals surface area contributed by atoms with Crippen molar-refractivity contribution in [1.29, 1.82) is 0 Å². The number of rotatable bonds is 6. The Morgan fingerprint density at radius 3 is 2.63 bits per heavy atom. The van der Waals surface area contributed by atoms with Crippen LogP contribution in [0.3, 0.4) is 0 Å². The van der Waals surface area contributed by atoms with Gasteiger partial charge in [-0.25, -0.2) is 14.8 Å². The van der Waals surface area contributed by atoms with Crippen molar-refractivity contribution in [3.8, 4) is 0 Å². The molecule has 27 heavy (non-hydrogen) atoms. The molecule has 0 bridgehead atoms. The number of carbonyl (C=O) groups is 1. The van der Waals surface area contributed by atoms with Gasteiger partial charge in [0.15, 0.2) is 0 Å². The topological polar surface area (TPSA) is 70.6 Å². The second-order valence-corrected chi connectivity index (χ2v) is 8.14. The number of hydrogen-bond acceptors (Lipinski definition) is 8. The van der Waals surface area contributed by atoms with E-state index in [4.69, 9.17) is 4.74 Å². The molecule has 0 radical (unpaired) electrons. The van der Waals surface area contributed by atoms with E-state index >= 15 is 0 Å². The van der Waals surface area contributed by atoms with E-state index in [0.717, 1.165) is 54.3 Å². The SMILES string of the molecule is CCOC(=O)c1sc2nc(C)nc(NCC(C)N3CCN(C)CC3)c2c1C. The van der Waals surface area contributed by atoms with Gasteiger partial charge in [-0.1, -0.05) is 0 Å². The normalized spacial score (nSPS) is 17.2. The Balaban J connectivity index is 1.80. The smallest absolute Gasteiger partial charge is 0.348 e. The van der Waals surface area contributed by atoms with Gasteiger partial charge in [0.05, 0.1) is 12.0 Å². The number of esters is 1. The van der Waals surface area contributed by atoms with E-state index in [2.05, 4.69) is 39.1 Å². The molecule has 1 atom stereocenters. The molecule has 0 aliphatic carbocycles. The van der Waals surface area contributed by atoms with Gasteiger partial charge in [-0.15, -0.1) is 11.3 Å². The first-order valence-corrected chi connectivity index (χ1v) is 10.3. The van der Waals surface area contributed by atoms with Crippen LogP contribution in [-0.2, 0) is 4.74 Å². The number of piperazine rings is 1. The van der Waals surface area contributed by atoms with Crippen molar-refractivity contribution in [3.05, 3.63) is 16.3 Å². The number of carbonyl (C=O) groups excluding carboxylic acids is 1. The lowest BCUT2D eigenvalue weighted by molar-refractivity contribution is 0.0531. The van der Waals surface area contributed by atoms with Crippen LogP contribution in [0.15, 0.2) is 0 Å². The summed E-state index contributed by atoms with van der Waals surface area (Å²) in [5.41, 5.74) is 0.892. The summed E-state index contributed by atoms with van der Waals surface area (Å²) < 4.78 is 5.19. The van der Waals surface area contributed by atoms with Crippen molar-refractivity contribution < 1.29 is 9.53 Å². The van der Waals surface area contributed by atoms with Gasteiger partial charge in [0.2, 0.25) is 0 Å². The maximum Gasteiger partial charge on any atom is 0.348 e. The van der Waals surface area contributed by atoms with Crippen LogP contribution < -0.4 is 5.32 Å². The molecule has 8 heteroatoms. The third kappa shape index (κ3) is 4.39. The van der Waals surface area contributed by atoms with Crippen LogP contribution in [0.2, 0.25) is 0 Å². The molecular formula is C19H29N5O2S. The maximum absolute atomic E-state index is 12.2. The molecule has 1 aliphatic heterocycles. The molecule has 1 saturated heterocycles. The van der Waals surface area contributed by atoms with Gasteiger partial charge < -0.3 is 15.0 Å². The number of thiophene rings is 1. The Labute approximate surface area is 164 Å². The third-order valence-corrected chi connectivity index (χ3v) is 6.25. The van der Waals surface area contributed by atoms with Crippen LogP contribution in [-0.4, -0.2) is 78.2 Å². The molecule has 0 aromatic carbocycles. The summed E-state index contributed by atoms with van der Waals surface area (Å²) in [6, 6.07) is 0.410. The Kier molecular flexibility index (Phi) is 6.29. The number of aryl methyl sites for hydroxylation is 2. The molecule has 1 unspecified atom stereocenters. The fraction of sp³-hybridized carbons (Fsp3) is 0.632. The fourth-order valence-corrected chi connectivity index (χ4v) is 4.52. The van der Waals surface area contributed by atoms with Gasteiger partial charge >= 0.3 is 5.97 Å². The van der Waals surface area contributed by atoms with Crippen LogP contribution in [0, 0.1) is 13.8 Å². The number of aromatic nitrogens is 2. The van der Waals surface area contributed by atoms with E-state index < -0.39 is 0 Å². The molecule has 1 N–H and O–H groups in total. The summed E-state index contributed by atoms with van der Waals surface area (Å²) in [7, 11) is 2.17. The lowest BCUT2D eigenvalue weighted by Gasteiger charge is -2.36. The zero-order valence-corrected chi connectivity index (χ0v) is 17.7. The molecule has 3 rings (SSSR count). The van der Waals surface area contributed by atoms with Crippen molar-refractivity contribution in [2.75, 3.05) is 51.7 Å². The predicted molar refractivity (Wildman–Crippen MR) is 110 cm³/mol. The first kappa shape index (κ1) is 20.0. The zero-order chi connectivity index (χ0) is 19.6. The lowest BCUT2D eigenvalue weighted by Crippen LogP contribution is -2.49. The number of nitrogens with zero attached hydrogens (tertiary/aromatic N) is 4. The number of fused-ring (bicyclic) bond motifs is 1. The minimum atomic E-state index is -0.285. The molecule has 0 saturated carbocycles. The highest BCUT2D eigenvalue weighted by atomic mass is 32.1. The average molecular weight is 392 g/mol. The highest BCUT2D eigenvalue weighted by Gasteiger charge is 2.22. The summed E-state index contributed by atoms with van der Waals surface area (Å²) in [5.74, 6) is 1.23. The number of anilines is 1. The Bertz CT molecular complexity index is 814. The Morgan fingerprint density at radius 1 is 1.26 bits per heavy atom. The first-order chi connectivity index (χ1) is 12.9. The number of ether oxygens (including phenoxy) is 1. The monoisotopic (exact) mass is 391 g/mol. The van der Waals surface area contributed by atoms with Gasteiger partial charge in [-0.3, -0.25) is 4.90 Å². The molecule has 3 heterocycles. The zero-order valence-electron chi connectivity index (χ0n) is 16.8. The van der Waals surface area contributed by atoms with E-state index in [1.165, 1.54) is 11.3 Å². The first-order valence-electron chi connectivity index (χ1n) is 9.52. The van der Waals surface area contributed by atoms with Crippen molar-refractivity contribution in [3.63, 3.8) is 0 Å². The number of likely N-dealkylation sites (N-methyl/N-ethyl adjacent to an activating group) is 1. The number of nitrogens with one attached hydrogen (secondary N) is 1. The van der Waals surface area contributed by atoms with E-state index in [0.29, 0.717) is 23.4 Å². The van der Waals surface area contributed by atoms with E-state index in [1.54, 1.807) is 0 Å². The van der Waals surface area contributed by atoms with Crippen LogP contribution in [0.4, 0.5) is 5.82 Å². The van der Waals surface area contributed by atoms with Crippen LogP contribution in [0.25, 0.3) is 10.2 Å². The molecule has 0 amide bonds. The standard InChI is InChI=1S/C19H29N5O2S/c1-6-26-19(25)16-13(3)15-17(21-14(4)22-18(15)27-16)20-11-12(2)24-9-7-23(5)8-10-24/h12H,6-11H2,1-5H3,(H,20,21,22). The number of hydrogen-bond donors (Lipinski definition) is 1. The summed E-state index contributed by atoms with van der Waals surface area (Å²) >= 11 is 1.38. The third-order valence-electron chi connectivity index (χ3n) is 5.09. The van der Waals surface area contributed by atoms with Gasteiger partial charge in [-0.2, -0.15) is 0 Å². The summed E-state index contributed by atoms with van der Waals surface area (Å²) in [5, 5.41) is 4.44. The average Bonchev–Trinajstić information content (AvgIpc) is 2.96. The molecule has 1 fully saturated rings. The second-order valence-electron chi connectivity index (χ2n) is 7.15. The molecule has 1 aliphatic rings. The van der Waals surface area contributed by atoms with Crippen LogP contribution >= 0.6 is 11.3 Å². The van der Waals surface area contributed by atoms with Crippen molar-refractivity contribution in [1.82, 2.24) is 19.8 Å². The van der Waals surface area contributed by atoms with E-state index in [1.807, 2.05) is 20.8 Å². The minimum absolute atomic E-state index is 0.285. The quantitative estimate of drug-likeness (QED) is 0.759. The van der Waals surface area contributed by atoms with Gasteiger partial charge in [0.25, 0.3) is 0 Å².